The second-order valence-electron chi connectivity index (χ2n) is 7.37. The van der Waals surface area contributed by atoms with Crippen LogP contribution >= 0.6 is 15.9 Å². The summed E-state index contributed by atoms with van der Waals surface area (Å²) in [5.41, 5.74) is 1.03. The molecular weight excluding hydrogens is 398 g/mol. The second-order valence-corrected chi connectivity index (χ2v) is 8.23. The number of aliphatic hydroxyl groups is 1. The van der Waals surface area contributed by atoms with Crippen molar-refractivity contribution in [1.82, 2.24) is 4.90 Å². The van der Waals surface area contributed by atoms with Crippen LogP contribution in [0.1, 0.15) is 51.2 Å². The van der Waals surface area contributed by atoms with Gasteiger partial charge in [0.25, 0.3) is 0 Å². The zero-order chi connectivity index (χ0) is 19.2. The summed E-state index contributed by atoms with van der Waals surface area (Å²) in [6.07, 6.45) is 4.25. The molecule has 2 nitrogen and oxygen atoms in total. The molecule has 3 heteroatoms. The Bertz CT molecular complexity index is 884. The standard InChI is InChI=1S/C24H30BrNO/c1-3-5-15-26(16-6-4-2)17-22(27)20-11-7-9-18-13-14-19-10-8-12-21(25)24(19)23(18)20/h7-14,22,27H,3-6,15-17H2,1-2H3. The van der Waals surface area contributed by atoms with Gasteiger partial charge in [0.15, 0.2) is 0 Å². The van der Waals surface area contributed by atoms with Crippen molar-refractivity contribution in [2.75, 3.05) is 19.6 Å². The molecule has 0 aliphatic rings. The summed E-state index contributed by atoms with van der Waals surface area (Å²) in [6.45, 7) is 7.26. The van der Waals surface area contributed by atoms with Gasteiger partial charge in [-0.15, -0.1) is 0 Å². The Morgan fingerprint density at radius 1 is 0.852 bits per heavy atom. The zero-order valence-corrected chi connectivity index (χ0v) is 18.0. The number of hydrogen-bond acceptors (Lipinski definition) is 2. The summed E-state index contributed by atoms with van der Waals surface area (Å²) in [4.78, 5) is 2.43. The van der Waals surface area contributed by atoms with Crippen molar-refractivity contribution < 1.29 is 5.11 Å². The van der Waals surface area contributed by atoms with E-state index in [0.717, 1.165) is 23.1 Å². The van der Waals surface area contributed by atoms with E-state index in [4.69, 9.17) is 0 Å². The predicted octanol–water partition coefficient (Wildman–Crippen LogP) is 6.69. The van der Waals surface area contributed by atoms with Gasteiger partial charge in [0.1, 0.15) is 0 Å². The van der Waals surface area contributed by atoms with Crippen molar-refractivity contribution in [3.05, 3.63) is 58.6 Å². The molecular formula is C24H30BrNO. The van der Waals surface area contributed by atoms with Gasteiger partial charge in [-0.05, 0) is 53.7 Å². The smallest absolute Gasteiger partial charge is 0.0923 e. The molecule has 0 aliphatic heterocycles. The van der Waals surface area contributed by atoms with Crippen LogP contribution < -0.4 is 0 Å². The topological polar surface area (TPSA) is 23.5 Å². The van der Waals surface area contributed by atoms with E-state index in [1.807, 2.05) is 0 Å². The lowest BCUT2D eigenvalue weighted by atomic mass is 9.94. The Morgan fingerprint density at radius 2 is 1.44 bits per heavy atom. The summed E-state index contributed by atoms with van der Waals surface area (Å²) in [7, 11) is 0. The molecule has 0 aromatic heterocycles. The van der Waals surface area contributed by atoms with Crippen LogP contribution in [0.15, 0.2) is 53.0 Å². The van der Waals surface area contributed by atoms with Crippen LogP contribution in [0.25, 0.3) is 21.5 Å². The van der Waals surface area contributed by atoms with Crippen LogP contribution in [0.2, 0.25) is 0 Å². The number of unbranched alkanes of at least 4 members (excludes halogenated alkanes) is 2. The fourth-order valence-corrected chi connectivity index (χ4v) is 4.40. The molecule has 1 N–H and O–H groups in total. The van der Waals surface area contributed by atoms with E-state index in [1.165, 1.54) is 47.2 Å². The largest absolute Gasteiger partial charge is 0.387 e. The third-order valence-electron chi connectivity index (χ3n) is 5.31. The van der Waals surface area contributed by atoms with E-state index >= 15 is 0 Å². The predicted molar refractivity (Wildman–Crippen MR) is 120 cm³/mol. The SMILES string of the molecule is CCCCN(CCCC)CC(O)c1cccc2ccc3cccc(Br)c3c12. The van der Waals surface area contributed by atoms with Gasteiger partial charge in [0.2, 0.25) is 0 Å². The van der Waals surface area contributed by atoms with Crippen LogP contribution in [-0.4, -0.2) is 29.6 Å². The van der Waals surface area contributed by atoms with E-state index in [0.29, 0.717) is 6.54 Å². The molecule has 144 valence electrons. The van der Waals surface area contributed by atoms with Crippen LogP contribution in [0.3, 0.4) is 0 Å². The van der Waals surface area contributed by atoms with Crippen LogP contribution in [0, 0.1) is 0 Å². The Morgan fingerprint density at radius 3 is 2.07 bits per heavy atom. The van der Waals surface area contributed by atoms with Gasteiger partial charge < -0.3 is 10.0 Å². The molecule has 0 spiro atoms. The van der Waals surface area contributed by atoms with Gasteiger partial charge in [-0.1, -0.05) is 85.1 Å². The number of hydrogen-bond donors (Lipinski definition) is 1. The maximum Gasteiger partial charge on any atom is 0.0923 e. The first kappa shape index (κ1) is 20.3. The molecule has 0 saturated carbocycles. The molecule has 0 bridgehead atoms. The van der Waals surface area contributed by atoms with Crippen molar-refractivity contribution >= 4 is 37.5 Å². The molecule has 0 radical (unpaired) electrons. The number of nitrogens with zero attached hydrogens (tertiary/aromatic N) is 1. The van der Waals surface area contributed by atoms with Gasteiger partial charge in [0.05, 0.1) is 6.10 Å². The summed E-state index contributed by atoms with van der Waals surface area (Å²) >= 11 is 3.73. The van der Waals surface area contributed by atoms with Crippen LogP contribution in [0.4, 0.5) is 0 Å². The van der Waals surface area contributed by atoms with Crippen LogP contribution in [0.5, 0.6) is 0 Å². The summed E-state index contributed by atoms with van der Waals surface area (Å²) in [5, 5.41) is 15.9. The number of benzene rings is 3. The van der Waals surface area contributed by atoms with Gasteiger partial charge >= 0.3 is 0 Å². The Labute approximate surface area is 171 Å². The molecule has 27 heavy (non-hydrogen) atoms. The minimum absolute atomic E-state index is 0.486. The quantitative estimate of drug-likeness (QED) is 0.384. The van der Waals surface area contributed by atoms with E-state index in [1.54, 1.807) is 0 Å². The molecule has 0 fully saturated rings. The average molecular weight is 428 g/mol. The van der Waals surface area contributed by atoms with E-state index in [-0.39, 0.29) is 0 Å². The van der Waals surface area contributed by atoms with Crippen LogP contribution in [-0.2, 0) is 0 Å². The maximum atomic E-state index is 11.2. The second kappa shape index (κ2) is 9.68. The third kappa shape index (κ3) is 4.71. The maximum absolute atomic E-state index is 11.2. The highest BCUT2D eigenvalue weighted by atomic mass is 79.9. The summed E-state index contributed by atoms with van der Waals surface area (Å²) in [6, 6.07) is 16.9. The molecule has 3 aromatic carbocycles. The number of fused-ring (bicyclic) bond motifs is 3. The number of halogens is 1. The van der Waals surface area contributed by atoms with Gasteiger partial charge in [-0.3, -0.25) is 0 Å². The zero-order valence-electron chi connectivity index (χ0n) is 16.4. The Kier molecular flexibility index (Phi) is 7.28. The molecule has 0 saturated heterocycles. The summed E-state index contributed by atoms with van der Waals surface area (Å²) < 4.78 is 1.08. The van der Waals surface area contributed by atoms with Crippen molar-refractivity contribution in [1.29, 1.82) is 0 Å². The van der Waals surface area contributed by atoms with Crippen molar-refractivity contribution in [2.45, 2.75) is 45.6 Å². The normalized spacial score (nSPS) is 12.9. The molecule has 0 amide bonds. The molecule has 1 unspecified atom stereocenters. The van der Waals surface area contributed by atoms with Crippen molar-refractivity contribution in [3.8, 4) is 0 Å². The highest BCUT2D eigenvalue weighted by molar-refractivity contribution is 9.10. The molecule has 3 aromatic rings. The monoisotopic (exact) mass is 427 g/mol. The molecule has 3 rings (SSSR count). The lowest BCUT2D eigenvalue weighted by Crippen LogP contribution is -2.30. The number of rotatable bonds is 9. The lowest BCUT2D eigenvalue weighted by molar-refractivity contribution is 0.112. The van der Waals surface area contributed by atoms with E-state index in [9.17, 15) is 5.11 Å². The average Bonchev–Trinajstić information content (AvgIpc) is 2.69. The van der Waals surface area contributed by atoms with E-state index < -0.39 is 6.10 Å². The highest BCUT2D eigenvalue weighted by Gasteiger charge is 2.17. The Balaban J connectivity index is 1.99. The first-order valence-electron chi connectivity index (χ1n) is 10.2. The number of aliphatic hydroxyl groups excluding tert-OH is 1. The first-order chi connectivity index (χ1) is 13.2. The molecule has 1 atom stereocenters. The minimum atomic E-state index is -0.486. The van der Waals surface area contributed by atoms with Crippen molar-refractivity contribution in [2.24, 2.45) is 0 Å². The lowest BCUT2D eigenvalue weighted by Gasteiger charge is -2.26. The third-order valence-corrected chi connectivity index (χ3v) is 5.97. The van der Waals surface area contributed by atoms with E-state index in [2.05, 4.69) is 83.2 Å². The highest BCUT2D eigenvalue weighted by Crippen LogP contribution is 2.36. The first-order valence-corrected chi connectivity index (χ1v) is 10.9. The minimum Gasteiger partial charge on any atom is -0.387 e. The molecule has 0 heterocycles. The summed E-state index contributed by atoms with van der Waals surface area (Å²) in [5.74, 6) is 0. The fourth-order valence-electron chi connectivity index (χ4n) is 3.82. The van der Waals surface area contributed by atoms with Gasteiger partial charge in [-0.2, -0.15) is 0 Å². The van der Waals surface area contributed by atoms with Crippen molar-refractivity contribution in [3.63, 3.8) is 0 Å². The Hall–Kier alpha value is -1.42. The molecule has 0 aliphatic carbocycles. The van der Waals surface area contributed by atoms with Gasteiger partial charge in [-0.25, -0.2) is 0 Å². The fraction of sp³-hybridized carbons (Fsp3) is 0.417. The van der Waals surface area contributed by atoms with Gasteiger partial charge in [0, 0.05) is 16.4 Å².